The number of nitrogens with one attached hydrogen (secondary N) is 1. The van der Waals surface area contributed by atoms with E-state index in [1.165, 1.54) is 18.2 Å². The number of hydrogen-bond acceptors (Lipinski definition) is 5. The van der Waals surface area contributed by atoms with Crippen molar-refractivity contribution >= 4 is 29.7 Å². The van der Waals surface area contributed by atoms with Crippen molar-refractivity contribution in [2.75, 3.05) is 25.9 Å². The summed E-state index contributed by atoms with van der Waals surface area (Å²) < 4.78 is 0. The Kier molecular flexibility index (Phi) is 5.92. The molecular weight excluding hydrogens is 296 g/mol. The molecule has 1 saturated heterocycles. The number of carbonyl (C=O) groups excluding carboxylic acids is 1. The first-order valence-electron chi connectivity index (χ1n) is 6.54. The number of rotatable bonds is 4. The van der Waals surface area contributed by atoms with Gasteiger partial charge in [-0.05, 0) is 26.0 Å². The molecule has 1 heterocycles. The number of likely N-dealkylation sites (N-methyl/N-ethyl adjacent to an activating group) is 1. The molecular formula is C13H19ClN4O3. The number of nitrogens with zero attached hydrogens (tertiary/aromatic N) is 2. The second-order valence-corrected chi connectivity index (χ2v) is 4.88. The first-order chi connectivity index (χ1) is 9.54. The molecule has 0 spiro atoms. The van der Waals surface area contributed by atoms with Crippen LogP contribution in [0.25, 0.3) is 0 Å². The summed E-state index contributed by atoms with van der Waals surface area (Å²) in [7, 11) is 1.84. The number of nitro groups is 1. The molecule has 0 aromatic heterocycles. The SMILES string of the molecule is CNCC1CCCN1C(=O)c1cc([N+](=O)[O-])ccc1N.Cl. The molecule has 1 amide bonds. The maximum absolute atomic E-state index is 12.5. The molecule has 0 bridgehead atoms. The van der Waals surface area contributed by atoms with Gasteiger partial charge in [0.05, 0.1) is 10.5 Å². The Bertz CT molecular complexity index is 538. The van der Waals surface area contributed by atoms with E-state index in [1.807, 2.05) is 7.05 Å². The van der Waals surface area contributed by atoms with Crippen molar-refractivity contribution in [3.8, 4) is 0 Å². The van der Waals surface area contributed by atoms with E-state index in [0.29, 0.717) is 13.1 Å². The van der Waals surface area contributed by atoms with E-state index in [2.05, 4.69) is 5.32 Å². The van der Waals surface area contributed by atoms with Gasteiger partial charge in [0, 0.05) is 37.0 Å². The lowest BCUT2D eigenvalue weighted by atomic mass is 10.1. The Morgan fingerprint density at radius 3 is 2.90 bits per heavy atom. The highest BCUT2D eigenvalue weighted by atomic mass is 35.5. The number of halogens is 1. The molecule has 3 N–H and O–H groups in total. The van der Waals surface area contributed by atoms with Gasteiger partial charge in [-0.25, -0.2) is 0 Å². The number of nitrogens with two attached hydrogens (primary N) is 1. The number of nitro benzene ring substituents is 1. The Morgan fingerprint density at radius 1 is 1.57 bits per heavy atom. The third-order valence-corrected chi connectivity index (χ3v) is 3.56. The molecule has 0 saturated carbocycles. The molecule has 1 atom stereocenters. The molecule has 1 unspecified atom stereocenters. The van der Waals surface area contributed by atoms with Crippen molar-refractivity contribution in [3.05, 3.63) is 33.9 Å². The fraction of sp³-hybridized carbons (Fsp3) is 0.462. The molecule has 8 heteroatoms. The van der Waals surface area contributed by atoms with Gasteiger partial charge in [0.2, 0.25) is 0 Å². The lowest BCUT2D eigenvalue weighted by Gasteiger charge is -2.25. The smallest absolute Gasteiger partial charge is 0.270 e. The van der Waals surface area contributed by atoms with Gasteiger partial charge in [-0.15, -0.1) is 12.4 Å². The topological polar surface area (TPSA) is 102 Å². The predicted octanol–water partition coefficient (Wildman–Crippen LogP) is 1.42. The van der Waals surface area contributed by atoms with Crippen molar-refractivity contribution in [3.63, 3.8) is 0 Å². The van der Waals surface area contributed by atoms with Gasteiger partial charge in [-0.3, -0.25) is 14.9 Å². The third-order valence-electron chi connectivity index (χ3n) is 3.56. The first kappa shape index (κ1) is 17.2. The number of nitrogen functional groups attached to an aromatic ring is 1. The van der Waals surface area contributed by atoms with E-state index in [0.717, 1.165) is 12.8 Å². The summed E-state index contributed by atoms with van der Waals surface area (Å²) >= 11 is 0. The fourth-order valence-corrected chi connectivity index (χ4v) is 2.55. The van der Waals surface area contributed by atoms with Crippen LogP contribution in [0.3, 0.4) is 0 Å². The van der Waals surface area contributed by atoms with Crippen molar-refractivity contribution in [2.24, 2.45) is 0 Å². The van der Waals surface area contributed by atoms with Crippen LogP contribution < -0.4 is 11.1 Å². The van der Waals surface area contributed by atoms with Crippen LogP contribution in [0.5, 0.6) is 0 Å². The highest BCUT2D eigenvalue weighted by Gasteiger charge is 2.30. The van der Waals surface area contributed by atoms with Crippen LogP contribution in [-0.4, -0.2) is 41.9 Å². The number of anilines is 1. The summed E-state index contributed by atoms with van der Waals surface area (Å²) in [6.45, 7) is 1.37. The number of non-ortho nitro benzene ring substituents is 1. The molecule has 116 valence electrons. The summed E-state index contributed by atoms with van der Waals surface area (Å²) in [6, 6.07) is 4.09. The zero-order valence-electron chi connectivity index (χ0n) is 11.7. The summed E-state index contributed by atoms with van der Waals surface area (Å²) in [5.41, 5.74) is 6.16. The fourth-order valence-electron chi connectivity index (χ4n) is 2.55. The van der Waals surface area contributed by atoms with Gasteiger partial charge < -0.3 is 16.0 Å². The van der Waals surface area contributed by atoms with Crippen LogP contribution in [0.1, 0.15) is 23.2 Å². The van der Waals surface area contributed by atoms with Gasteiger partial charge in [0.15, 0.2) is 0 Å². The lowest BCUT2D eigenvalue weighted by molar-refractivity contribution is -0.384. The minimum absolute atomic E-state index is 0. The molecule has 1 aliphatic heterocycles. The van der Waals surface area contributed by atoms with Crippen LogP contribution in [0, 0.1) is 10.1 Å². The Hall–Kier alpha value is -1.86. The highest BCUT2D eigenvalue weighted by molar-refractivity contribution is 6.00. The number of likely N-dealkylation sites (tertiary alicyclic amines) is 1. The predicted molar refractivity (Wildman–Crippen MR) is 82.7 cm³/mol. The van der Waals surface area contributed by atoms with Crippen LogP contribution in [-0.2, 0) is 0 Å². The van der Waals surface area contributed by atoms with E-state index in [4.69, 9.17) is 5.73 Å². The molecule has 0 aliphatic carbocycles. The van der Waals surface area contributed by atoms with E-state index in [1.54, 1.807) is 4.90 Å². The molecule has 1 fully saturated rings. The van der Waals surface area contributed by atoms with Crippen LogP contribution >= 0.6 is 12.4 Å². The molecule has 1 aromatic carbocycles. The van der Waals surface area contributed by atoms with Crippen molar-refractivity contribution in [1.82, 2.24) is 10.2 Å². The van der Waals surface area contributed by atoms with E-state index < -0.39 is 4.92 Å². The second kappa shape index (κ2) is 7.24. The zero-order chi connectivity index (χ0) is 14.7. The molecule has 21 heavy (non-hydrogen) atoms. The van der Waals surface area contributed by atoms with E-state index >= 15 is 0 Å². The van der Waals surface area contributed by atoms with Crippen molar-refractivity contribution < 1.29 is 9.72 Å². The van der Waals surface area contributed by atoms with Gasteiger partial charge >= 0.3 is 0 Å². The molecule has 7 nitrogen and oxygen atoms in total. The van der Waals surface area contributed by atoms with Crippen molar-refractivity contribution in [2.45, 2.75) is 18.9 Å². The number of carbonyl (C=O) groups is 1. The molecule has 1 aliphatic rings. The summed E-state index contributed by atoms with van der Waals surface area (Å²) in [5.74, 6) is -0.232. The summed E-state index contributed by atoms with van der Waals surface area (Å²) in [6.07, 6.45) is 1.87. The van der Waals surface area contributed by atoms with Gasteiger partial charge in [-0.2, -0.15) is 0 Å². The minimum atomic E-state index is -0.523. The van der Waals surface area contributed by atoms with Gasteiger partial charge in [0.25, 0.3) is 11.6 Å². The summed E-state index contributed by atoms with van der Waals surface area (Å²) in [4.78, 5) is 24.5. The normalized spacial score (nSPS) is 17.4. The zero-order valence-corrected chi connectivity index (χ0v) is 12.6. The standard InChI is InChI=1S/C13H18N4O3.ClH/c1-15-8-10-3-2-6-16(10)13(18)11-7-9(17(19)20)4-5-12(11)14;/h4-5,7,10,15H,2-3,6,8,14H2,1H3;1H. The maximum atomic E-state index is 12.5. The second-order valence-electron chi connectivity index (χ2n) is 4.88. The molecule has 2 rings (SSSR count). The minimum Gasteiger partial charge on any atom is -0.398 e. The van der Waals surface area contributed by atoms with Gasteiger partial charge in [0.1, 0.15) is 0 Å². The maximum Gasteiger partial charge on any atom is 0.270 e. The largest absolute Gasteiger partial charge is 0.398 e. The first-order valence-corrected chi connectivity index (χ1v) is 6.54. The Balaban J connectivity index is 0.00000220. The van der Waals surface area contributed by atoms with E-state index in [9.17, 15) is 14.9 Å². The Labute approximate surface area is 129 Å². The van der Waals surface area contributed by atoms with Crippen LogP contribution in [0.2, 0.25) is 0 Å². The molecule has 0 radical (unpaired) electrons. The third kappa shape index (κ3) is 3.62. The van der Waals surface area contributed by atoms with Gasteiger partial charge in [-0.1, -0.05) is 0 Å². The number of amides is 1. The lowest BCUT2D eigenvalue weighted by Crippen LogP contribution is -2.41. The molecule has 1 aromatic rings. The summed E-state index contributed by atoms with van der Waals surface area (Å²) in [5, 5.41) is 13.9. The quantitative estimate of drug-likeness (QED) is 0.497. The monoisotopic (exact) mass is 314 g/mol. The number of benzene rings is 1. The van der Waals surface area contributed by atoms with E-state index in [-0.39, 0.29) is 41.3 Å². The Morgan fingerprint density at radius 2 is 2.29 bits per heavy atom. The highest BCUT2D eigenvalue weighted by Crippen LogP contribution is 2.25. The average Bonchev–Trinajstić information content (AvgIpc) is 2.87. The van der Waals surface area contributed by atoms with Crippen LogP contribution in [0.15, 0.2) is 18.2 Å². The van der Waals surface area contributed by atoms with Crippen molar-refractivity contribution in [1.29, 1.82) is 0 Å². The van der Waals surface area contributed by atoms with Crippen LogP contribution in [0.4, 0.5) is 11.4 Å². The number of hydrogen-bond donors (Lipinski definition) is 2. The average molecular weight is 315 g/mol.